The van der Waals surface area contributed by atoms with Gasteiger partial charge in [0.25, 0.3) is 5.91 Å². The molecule has 1 aromatic carbocycles. The van der Waals surface area contributed by atoms with Crippen molar-refractivity contribution < 1.29 is 44.4 Å². The molecule has 14 heteroatoms. The van der Waals surface area contributed by atoms with E-state index in [9.17, 15) is 34.2 Å². The number of rotatable bonds is 14. The average Bonchev–Trinajstić information content (AvgIpc) is 3.30. The first-order valence-corrected chi connectivity index (χ1v) is 12.3. The van der Waals surface area contributed by atoms with E-state index in [4.69, 9.17) is 15.9 Å². The highest BCUT2D eigenvalue weighted by Gasteiger charge is 2.36. The van der Waals surface area contributed by atoms with Crippen molar-refractivity contribution in [3.05, 3.63) is 53.0 Å². The van der Waals surface area contributed by atoms with Crippen LogP contribution in [0.1, 0.15) is 46.6 Å². The van der Waals surface area contributed by atoms with E-state index in [2.05, 4.69) is 20.3 Å². The van der Waals surface area contributed by atoms with Crippen molar-refractivity contribution in [3.63, 3.8) is 0 Å². The number of aliphatic carboxylic acids is 3. The molecule has 0 fully saturated rings. The summed E-state index contributed by atoms with van der Waals surface area (Å²) in [5.41, 5.74) is 7.72. The van der Waals surface area contributed by atoms with Gasteiger partial charge in [-0.1, -0.05) is 12.1 Å². The number of aromatic hydroxyl groups is 1. The van der Waals surface area contributed by atoms with E-state index in [1.807, 2.05) is 0 Å². The molecule has 0 saturated heterocycles. The number of carboxylic acids is 3. The number of benzene rings is 1. The number of Topliss-reactive ketones (excluding diaryl/α,β-unsaturated/α-hetero) is 1. The second kappa shape index (κ2) is 12.8. The van der Waals surface area contributed by atoms with Gasteiger partial charge in [0.1, 0.15) is 23.4 Å². The van der Waals surface area contributed by atoms with Gasteiger partial charge in [-0.15, -0.1) is 0 Å². The highest BCUT2D eigenvalue weighted by atomic mass is 16.4. The quantitative estimate of drug-likeness (QED) is 0.136. The van der Waals surface area contributed by atoms with Crippen LogP contribution in [0, 0.1) is 12.8 Å². The Bertz CT molecular complexity index is 1430. The zero-order valence-electron chi connectivity index (χ0n) is 21.5. The number of hydrogen-bond donors (Lipinski definition) is 7. The molecule has 0 radical (unpaired) electrons. The molecule has 0 saturated carbocycles. The van der Waals surface area contributed by atoms with Crippen LogP contribution in [-0.2, 0) is 32.0 Å². The minimum absolute atomic E-state index is 0.118. The molecule has 2 aromatic heterocycles. The maximum Gasteiger partial charge on any atom is 0.320 e. The summed E-state index contributed by atoms with van der Waals surface area (Å²) in [6, 6.07) is 3.23. The third kappa shape index (κ3) is 7.38. The van der Waals surface area contributed by atoms with E-state index in [0.717, 1.165) is 11.1 Å². The van der Waals surface area contributed by atoms with Gasteiger partial charge in [0, 0.05) is 18.2 Å². The Morgan fingerprint density at radius 2 is 1.68 bits per heavy atom. The van der Waals surface area contributed by atoms with Crippen LogP contribution >= 0.6 is 0 Å². The van der Waals surface area contributed by atoms with Crippen molar-refractivity contribution in [3.8, 4) is 5.88 Å². The number of hydrogen-bond acceptors (Lipinski definition) is 9. The molecule has 40 heavy (non-hydrogen) atoms. The van der Waals surface area contributed by atoms with Crippen LogP contribution in [0.2, 0.25) is 0 Å². The molecular formula is C26H29N5O9. The van der Waals surface area contributed by atoms with Gasteiger partial charge in [0.15, 0.2) is 5.78 Å². The molecule has 0 aliphatic carbocycles. The predicted molar refractivity (Wildman–Crippen MR) is 139 cm³/mol. The summed E-state index contributed by atoms with van der Waals surface area (Å²) in [7, 11) is 0. The normalized spacial score (nSPS) is 13.3. The Labute approximate surface area is 227 Å². The number of fused-ring (bicyclic) bond motifs is 1. The predicted octanol–water partition coefficient (Wildman–Crippen LogP) is 0.792. The topological polar surface area (TPSA) is 246 Å². The molecule has 8 N–H and O–H groups in total. The zero-order chi connectivity index (χ0) is 29.6. The Hall–Kier alpha value is -4.85. The SMILES string of the molecule is Cc1nc(O)c2c(CCc3ccc(C(=O)N[C@@H](CCC(=O)O)C(=O)C(C[C@H](N)C(=O)O)C(=O)O)cc3)c[nH]c2n1. The van der Waals surface area contributed by atoms with Crippen LogP contribution in [-0.4, -0.2) is 77.1 Å². The van der Waals surface area contributed by atoms with Crippen molar-refractivity contribution in [1.82, 2.24) is 20.3 Å². The van der Waals surface area contributed by atoms with E-state index in [1.165, 1.54) is 12.1 Å². The second-order valence-corrected chi connectivity index (χ2v) is 9.26. The van der Waals surface area contributed by atoms with Crippen LogP contribution in [0.5, 0.6) is 5.88 Å². The molecular weight excluding hydrogens is 526 g/mol. The van der Waals surface area contributed by atoms with Crippen LogP contribution in [0.15, 0.2) is 30.5 Å². The number of carbonyl (C=O) groups excluding carboxylic acids is 2. The fraction of sp³-hybridized carbons (Fsp3) is 0.346. The van der Waals surface area contributed by atoms with Crippen LogP contribution in [0.4, 0.5) is 0 Å². The molecule has 3 rings (SSSR count). The van der Waals surface area contributed by atoms with Gasteiger partial charge in [0.2, 0.25) is 5.88 Å². The summed E-state index contributed by atoms with van der Waals surface area (Å²) in [6.45, 7) is 1.67. The number of amides is 1. The number of aromatic nitrogens is 3. The second-order valence-electron chi connectivity index (χ2n) is 9.26. The minimum atomic E-state index is -1.86. The highest BCUT2D eigenvalue weighted by molar-refractivity contribution is 6.04. The Morgan fingerprint density at radius 3 is 2.27 bits per heavy atom. The lowest BCUT2D eigenvalue weighted by Crippen LogP contribution is -2.47. The first-order chi connectivity index (χ1) is 18.9. The molecule has 1 amide bonds. The fourth-order valence-corrected chi connectivity index (χ4v) is 4.22. The fourth-order valence-electron chi connectivity index (χ4n) is 4.22. The van der Waals surface area contributed by atoms with Crippen molar-refractivity contribution in [2.24, 2.45) is 11.7 Å². The molecule has 3 atom stereocenters. The van der Waals surface area contributed by atoms with E-state index in [1.54, 1.807) is 25.3 Å². The first kappa shape index (κ1) is 29.7. The van der Waals surface area contributed by atoms with Gasteiger partial charge in [-0.25, -0.2) is 4.98 Å². The lowest BCUT2D eigenvalue weighted by atomic mass is 9.89. The van der Waals surface area contributed by atoms with Gasteiger partial charge in [-0.3, -0.25) is 24.0 Å². The molecule has 1 unspecified atom stereocenters. The third-order valence-corrected chi connectivity index (χ3v) is 6.35. The molecule has 2 heterocycles. The van der Waals surface area contributed by atoms with E-state index >= 15 is 0 Å². The number of nitrogens with zero attached hydrogens (tertiary/aromatic N) is 2. The number of H-pyrrole nitrogens is 1. The monoisotopic (exact) mass is 555 g/mol. The van der Waals surface area contributed by atoms with Gasteiger partial charge in [-0.05, 0) is 55.9 Å². The number of aryl methyl sites for hydroxylation is 3. The number of ketones is 1. The molecule has 14 nitrogen and oxygen atoms in total. The van der Waals surface area contributed by atoms with Gasteiger partial charge < -0.3 is 36.5 Å². The maximum absolute atomic E-state index is 12.9. The third-order valence-electron chi connectivity index (χ3n) is 6.35. The summed E-state index contributed by atoms with van der Waals surface area (Å²) < 4.78 is 0. The minimum Gasteiger partial charge on any atom is -0.493 e. The molecule has 212 valence electrons. The largest absolute Gasteiger partial charge is 0.493 e. The molecule has 3 aromatic rings. The van der Waals surface area contributed by atoms with Crippen LogP contribution in [0.3, 0.4) is 0 Å². The average molecular weight is 556 g/mol. The van der Waals surface area contributed by atoms with Crippen molar-refractivity contribution in [1.29, 1.82) is 0 Å². The zero-order valence-corrected chi connectivity index (χ0v) is 21.5. The Kier molecular flexibility index (Phi) is 9.50. The van der Waals surface area contributed by atoms with Crippen molar-refractivity contribution >= 4 is 40.6 Å². The Morgan fingerprint density at radius 1 is 1.00 bits per heavy atom. The van der Waals surface area contributed by atoms with Crippen molar-refractivity contribution in [2.75, 3.05) is 0 Å². The molecule has 0 bridgehead atoms. The maximum atomic E-state index is 12.9. The number of carboxylic acid groups (broad SMARTS) is 3. The van der Waals surface area contributed by atoms with E-state index in [-0.39, 0.29) is 11.4 Å². The van der Waals surface area contributed by atoms with Crippen molar-refractivity contribution in [2.45, 2.75) is 51.1 Å². The van der Waals surface area contributed by atoms with Crippen LogP contribution < -0.4 is 11.1 Å². The lowest BCUT2D eigenvalue weighted by molar-refractivity contribution is -0.148. The smallest absolute Gasteiger partial charge is 0.320 e. The number of carbonyl (C=O) groups is 5. The summed E-state index contributed by atoms with van der Waals surface area (Å²) in [5.74, 6) is -7.73. The van der Waals surface area contributed by atoms with Gasteiger partial charge in [-0.2, -0.15) is 4.98 Å². The van der Waals surface area contributed by atoms with E-state index < -0.39 is 66.9 Å². The Balaban J connectivity index is 1.70. The van der Waals surface area contributed by atoms with Gasteiger partial charge >= 0.3 is 17.9 Å². The van der Waals surface area contributed by atoms with Crippen LogP contribution in [0.25, 0.3) is 11.0 Å². The molecule has 0 spiro atoms. The first-order valence-electron chi connectivity index (χ1n) is 12.3. The summed E-state index contributed by atoms with van der Waals surface area (Å²) in [5, 5.41) is 40.6. The lowest BCUT2D eigenvalue weighted by Gasteiger charge is -2.22. The van der Waals surface area contributed by atoms with Gasteiger partial charge in [0.05, 0.1) is 11.4 Å². The summed E-state index contributed by atoms with van der Waals surface area (Å²) >= 11 is 0. The number of nitrogens with one attached hydrogen (secondary N) is 2. The highest BCUT2D eigenvalue weighted by Crippen LogP contribution is 2.26. The molecule has 0 aliphatic heterocycles. The number of aromatic amines is 1. The summed E-state index contributed by atoms with van der Waals surface area (Å²) in [6.07, 6.45) is 1.16. The van der Waals surface area contributed by atoms with E-state index in [0.29, 0.717) is 29.7 Å². The number of nitrogens with two attached hydrogens (primary N) is 1. The molecule has 0 aliphatic rings. The summed E-state index contributed by atoms with van der Waals surface area (Å²) in [4.78, 5) is 70.9. The standard InChI is InChI=1S/C26H29N5O9/c1-12-29-22-20(24(36)30-12)15(11-28-22)7-4-13-2-5-14(6-3-13)23(35)31-18(8-9-19(32)33)21(34)16(25(37)38)10-17(27)26(39)40/h2-3,5-6,11,16-18H,4,7-10,27H2,1H3,(H,31,35)(H,32,33)(H,37,38)(H,39,40)(H2,28,29,30,36)/t16?,17-,18-/m0/s1.